The second-order valence-electron chi connectivity index (χ2n) is 7.64. The number of sulfonamides is 1. The first-order valence-corrected chi connectivity index (χ1v) is 11.9. The molecule has 0 spiro atoms. The van der Waals surface area contributed by atoms with E-state index in [9.17, 15) is 18.0 Å². The van der Waals surface area contributed by atoms with Crippen molar-refractivity contribution in [1.29, 1.82) is 0 Å². The number of carbonyl (C=O) groups is 1. The Morgan fingerprint density at radius 2 is 1.70 bits per heavy atom. The highest BCUT2D eigenvalue weighted by molar-refractivity contribution is 7.94. The molecule has 166 valence electrons. The number of hydrogen-bond acceptors (Lipinski definition) is 5. The van der Waals surface area contributed by atoms with Crippen LogP contribution in [0.5, 0.6) is 0 Å². The van der Waals surface area contributed by atoms with Gasteiger partial charge in [0.2, 0.25) is 0 Å². The predicted octanol–water partition coefficient (Wildman–Crippen LogP) is 3.59. The molecular formula is C24H20N4O4S. The van der Waals surface area contributed by atoms with Gasteiger partial charge in [0.25, 0.3) is 15.6 Å². The van der Waals surface area contributed by atoms with E-state index in [1.807, 2.05) is 13.0 Å². The van der Waals surface area contributed by atoms with E-state index in [2.05, 4.69) is 4.98 Å². The molecule has 0 saturated heterocycles. The van der Waals surface area contributed by atoms with Crippen LogP contribution in [0.3, 0.4) is 0 Å². The molecule has 5 rings (SSSR count). The Morgan fingerprint density at radius 1 is 0.909 bits per heavy atom. The Balaban J connectivity index is 1.65. The average molecular weight is 461 g/mol. The molecule has 2 aromatic carbocycles. The summed E-state index contributed by atoms with van der Waals surface area (Å²) < 4.78 is 29.1. The quantitative estimate of drug-likeness (QED) is 0.464. The average Bonchev–Trinajstić information content (AvgIpc) is 2.82. The number of fused-ring (bicyclic) bond motifs is 2. The molecule has 8 nitrogen and oxygen atoms in total. The molecule has 1 aliphatic heterocycles. The number of urea groups is 1. The number of hydrogen-bond donors (Lipinski definition) is 0. The lowest BCUT2D eigenvalue weighted by Crippen LogP contribution is -2.50. The Labute approximate surface area is 190 Å². The molecule has 0 fully saturated rings. The summed E-state index contributed by atoms with van der Waals surface area (Å²) in [5.74, 6) is 0. The first kappa shape index (κ1) is 20.9. The molecule has 2 amide bonds. The van der Waals surface area contributed by atoms with Gasteiger partial charge in [0.1, 0.15) is 10.5 Å². The summed E-state index contributed by atoms with van der Waals surface area (Å²) >= 11 is 0. The minimum absolute atomic E-state index is 0.0176. The summed E-state index contributed by atoms with van der Waals surface area (Å²) in [5.41, 5.74) is 1.94. The van der Waals surface area contributed by atoms with Gasteiger partial charge >= 0.3 is 6.03 Å². The summed E-state index contributed by atoms with van der Waals surface area (Å²) in [5, 5.41) is 0. The van der Waals surface area contributed by atoms with Crippen LogP contribution >= 0.6 is 0 Å². The van der Waals surface area contributed by atoms with E-state index in [1.54, 1.807) is 60.8 Å². The smallest absolute Gasteiger partial charge is 0.286 e. The van der Waals surface area contributed by atoms with Crippen molar-refractivity contribution < 1.29 is 13.2 Å². The third kappa shape index (κ3) is 3.46. The van der Waals surface area contributed by atoms with Crippen LogP contribution < -0.4 is 14.8 Å². The molecule has 0 unspecified atom stereocenters. The van der Waals surface area contributed by atoms with Crippen molar-refractivity contribution in [2.75, 3.05) is 9.21 Å². The molecule has 4 aromatic rings. The maximum absolute atomic E-state index is 13.6. The summed E-state index contributed by atoms with van der Waals surface area (Å²) in [4.78, 5) is 32.0. The third-order valence-corrected chi connectivity index (χ3v) is 7.33. The van der Waals surface area contributed by atoms with Gasteiger partial charge in [-0.25, -0.2) is 18.2 Å². The van der Waals surface area contributed by atoms with Crippen molar-refractivity contribution >= 4 is 33.1 Å². The number of para-hydroxylation sites is 1. The second-order valence-corrected chi connectivity index (χ2v) is 9.40. The lowest BCUT2D eigenvalue weighted by atomic mass is 10.1. The number of carbonyl (C=O) groups excluding carboxylic acids is 1. The first-order valence-electron chi connectivity index (χ1n) is 10.4. The van der Waals surface area contributed by atoms with Gasteiger partial charge in [-0.3, -0.25) is 14.1 Å². The van der Waals surface area contributed by atoms with Crippen LogP contribution in [0.4, 0.5) is 16.2 Å². The first-order chi connectivity index (χ1) is 15.9. The van der Waals surface area contributed by atoms with Crippen LogP contribution in [-0.4, -0.2) is 23.8 Å². The SMILES string of the molecule is CCc1cccc(N2C(=O)N(Cc3cc(=O)n4ccccc4n3)c3ccccc3S2(=O)=O)c1. The largest absolute Gasteiger partial charge is 0.343 e. The molecule has 2 aromatic heterocycles. The zero-order valence-electron chi connectivity index (χ0n) is 17.7. The van der Waals surface area contributed by atoms with Crippen LogP contribution in [0.15, 0.2) is 88.7 Å². The molecule has 0 saturated carbocycles. The molecule has 33 heavy (non-hydrogen) atoms. The molecule has 0 radical (unpaired) electrons. The number of nitrogens with zero attached hydrogens (tertiary/aromatic N) is 4. The molecule has 0 N–H and O–H groups in total. The van der Waals surface area contributed by atoms with E-state index < -0.39 is 16.1 Å². The van der Waals surface area contributed by atoms with Gasteiger partial charge in [-0.2, -0.15) is 4.31 Å². The number of pyridine rings is 1. The lowest BCUT2D eigenvalue weighted by molar-refractivity contribution is 0.253. The zero-order chi connectivity index (χ0) is 23.2. The highest BCUT2D eigenvalue weighted by atomic mass is 32.2. The van der Waals surface area contributed by atoms with E-state index in [1.165, 1.54) is 21.4 Å². The van der Waals surface area contributed by atoms with Crippen LogP contribution in [-0.2, 0) is 23.0 Å². The molecule has 9 heteroatoms. The minimum atomic E-state index is -4.12. The minimum Gasteiger partial charge on any atom is -0.286 e. The zero-order valence-corrected chi connectivity index (χ0v) is 18.6. The normalized spacial score (nSPS) is 15.0. The van der Waals surface area contributed by atoms with Gasteiger partial charge in [0.05, 0.1) is 23.6 Å². The third-order valence-electron chi connectivity index (χ3n) is 5.58. The number of aromatic nitrogens is 2. The van der Waals surface area contributed by atoms with Gasteiger partial charge in [0, 0.05) is 12.3 Å². The highest BCUT2D eigenvalue weighted by Gasteiger charge is 2.42. The molecule has 0 bridgehead atoms. The second kappa shape index (κ2) is 7.86. The summed E-state index contributed by atoms with van der Waals surface area (Å²) in [7, 11) is -4.12. The van der Waals surface area contributed by atoms with Crippen molar-refractivity contribution in [3.63, 3.8) is 0 Å². The van der Waals surface area contributed by atoms with Gasteiger partial charge in [0.15, 0.2) is 0 Å². The van der Waals surface area contributed by atoms with Gasteiger partial charge < -0.3 is 0 Å². The Hall–Kier alpha value is -3.98. The van der Waals surface area contributed by atoms with E-state index in [0.29, 0.717) is 17.8 Å². The standard InChI is InChI=1S/C24H20N4O4S/c1-2-17-8-7-9-19(14-17)28-24(30)27(20-10-3-4-11-21(20)33(28,31)32)16-18-15-23(29)26-13-6-5-12-22(26)25-18/h3-15H,2,16H2,1H3. The lowest BCUT2D eigenvalue weighted by Gasteiger charge is -2.36. The van der Waals surface area contributed by atoms with Crippen molar-refractivity contribution in [3.8, 4) is 0 Å². The number of aryl methyl sites for hydroxylation is 1. The molecular weight excluding hydrogens is 440 g/mol. The highest BCUT2D eigenvalue weighted by Crippen LogP contribution is 2.38. The van der Waals surface area contributed by atoms with E-state index in [4.69, 9.17) is 0 Å². The number of amides is 2. The fourth-order valence-corrected chi connectivity index (χ4v) is 5.55. The van der Waals surface area contributed by atoms with E-state index in [0.717, 1.165) is 9.87 Å². The number of rotatable bonds is 4. The van der Waals surface area contributed by atoms with Crippen molar-refractivity contribution in [3.05, 3.63) is 101 Å². The maximum Gasteiger partial charge on any atom is 0.343 e. The van der Waals surface area contributed by atoms with E-state index in [-0.39, 0.29) is 28.4 Å². The van der Waals surface area contributed by atoms with Gasteiger partial charge in [-0.05, 0) is 48.4 Å². The predicted molar refractivity (Wildman–Crippen MR) is 125 cm³/mol. The molecule has 3 heterocycles. The van der Waals surface area contributed by atoms with Crippen LogP contribution in [0, 0.1) is 0 Å². The van der Waals surface area contributed by atoms with Gasteiger partial charge in [-0.15, -0.1) is 0 Å². The molecule has 0 atom stereocenters. The fraction of sp³-hybridized carbons (Fsp3) is 0.125. The number of anilines is 2. The monoisotopic (exact) mass is 460 g/mol. The topological polar surface area (TPSA) is 92.1 Å². The van der Waals surface area contributed by atoms with Crippen molar-refractivity contribution in [2.45, 2.75) is 24.8 Å². The van der Waals surface area contributed by atoms with Crippen molar-refractivity contribution in [1.82, 2.24) is 9.38 Å². The van der Waals surface area contributed by atoms with Crippen molar-refractivity contribution in [2.24, 2.45) is 0 Å². The van der Waals surface area contributed by atoms with Crippen LogP contribution in [0.25, 0.3) is 5.65 Å². The Morgan fingerprint density at radius 3 is 2.52 bits per heavy atom. The number of benzene rings is 2. The van der Waals surface area contributed by atoms with E-state index >= 15 is 0 Å². The van der Waals surface area contributed by atoms with Gasteiger partial charge in [-0.1, -0.05) is 37.3 Å². The summed E-state index contributed by atoms with van der Waals surface area (Å²) in [6.07, 6.45) is 2.31. The summed E-state index contributed by atoms with van der Waals surface area (Å²) in [6, 6.07) is 19.1. The molecule has 0 aliphatic carbocycles. The fourth-order valence-electron chi connectivity index (χ4n) is 3.96. The Bertz CT molecular complexity index is 1560. The van der Waals surface area contributed by atoms with Crippen LogP contribution in [0.2, 0.25) is 0 Å². The van der Waals surface area contributed by atoms with Crippen LogP contribution in [0.1, 0.15) is 18.2 Å². The summed E-state index contributed by atoms with van der Waals surface area (Å²) in [6.45, 7) is 1.90. The maximum atomic E-state index is 13.6. The molecule has 1 aliphatic rings. The Kier molecular flexibility index (Phi) is 4.98.